The van der Waals surface area contributed by atoms with E-state index in [9.17, 15) is 9.59 Å². The van der Waals surface area contributed by atoms with Crippen molar-refractivity contribution in [2.24, 2.45) is 5.92 Å². The number of piperidine rings is 1. The Bertz CT molecular complexity index is 765. The van der Waals surface area contributed by atoms with Crippen molar-refractivity contribution in [1.29, 1.82) is 0 Å². The molecule has 0 saturated carbocycles. The largest absolute Gasteiger partial charge is 0.490 e. The predicted molar refractivity (Wildman–Crippen MR) is 121 cm³/mol. The Morgan fingerprint density at radius 1 is 1.03 bits per heavy atom. The summed E-state index contributed by atoms with van der Waals surface area (Å²) in [7, 11) is 0. The molecule has 31 heavy (non-hydrogen) atoms. The first-order valence-electron chi connectivity index (χ1n) is 11.4. The highest BCUT2D eigenvalue weighted by Gasteiger charge is 2.36. The summed E-state index contributed by atoms with van der Waals surface area (Å²) >= 11 is 3.49. The lowest BCUT2D eigenvalue weighted by atomic mass is 9.90. The number of benzene rings is 1. The van der Waals surface area contributed by atoms with Gasteiger partial charge in [-0.2, -0.15) is 0 Å². The number of rotatable bonds is 6. The number of carbonyl (C=O) groups is 2. The van der Waals surface area contributed by atoms with Crippen molar-refractivity contribution < 1.29 is 19.1 Å². The zero-order valence-corrected chi connectivity index (χ0v) is 19.6. The fourth-order valence-electron chi connectivity index (χ4n) is 4.70. The topological polar surface area (TPSA) is 62.3 Å². The smallest absolute Gasteiger partial charge is 0.236 e. The average Bonchev–Trinajstić information content (AvgIpc) is 3.28. The molecule has 0 radical (unpaired) electrons. The highest BCUT2D eigenvalue weighted by atomic mass is 79.9. The Kier molecular flexibility index (Phi) is 7.85. The van der Waals surface area contributed by atoms with Gasteiger partial charge in [0.2, 0.25) is 11.8 Å². The second kappa shape index (κ2) is 10.8. The highest BCUT2D eigenvalue weighted by Crippen LogP contribution is 2.28. The molecule has 2 amide bonds. The van der Waals surface area contributed by atoms with Crippen LogP contribution in [0.25, 0.3) is 0 Å². The molecule has 3 aliphatic heterocycles. The molecule has 1 aromatic rings. The van der Waals surface area contributed by atoms with E-state index in [0.717, 1.165) is 29.7 Å². The van der Waals surface area contributed by atoms with E-state index < -0.39 is 0 Å². The Morgan fingerprint density at radius 2 is 1.81 bits per heavy atom. The number of amides is 2. The van der Waals surface area contributed by atoms with Crippen LogP contribution in [-0.4, -0.2) is 91.6 Å². The minimum absolute atomic E-state index is 0.0226. The van der Waals surface area contributed by atoms with Gasteiger partial charge in [0.1, 0.15) is 11.9 Å². The summed E-state index contributed by atoms with van der Waals surface area (Å²) in [4.78, 5) is 31.9. The summed E-state index contributed by atoms with van der Waals surface area (Å²) in [5.74, 6) is 1.07. The van der Waals surface area contributed by atoms with Gasteiger partial charge in [0, 0.05) is 49.4 Å². The van der Waals surface area contributed by atoms with Gasteiger partial charge in [0.25, 0.3) is 0 Å². The molecule has 170 valence electrons. The summed E-state index contributed by atoms with van der Waals surface area (Å²) in [6.07, 6.45) is 3.39. The van der Waals surface area contributed by atoms with Crippen molar-refractivity contribution >= 4 is 27.7 Å². The zero-order valence-electron chi connectivity index (χ0n) is 18.0. The van der Waals surface area contributed by atoms with E-state index in [0.29, 0.717) is 52.4 Å². The normalized spacial score (nSPS) is 24.9. The van der Waals surface area contributed by atoms with Crippen LogP contribution in [0.1, 0.15) is 25.7 Å². The van der Waals surface area contributed by atoms with Crippen LogP contribution < -0.4 is 4.74 Å². The number of carbonyl (C=O) groups excluding carboxylic acids is 2. The van der Waals surface area contributed by atoms with Crippen molar-refractivity contribution in [3.8, 4) is 5.75 Å². The van der Waals surface area contributed by atoms with Gasteiger partial charge >= 0.3 is 0 Å². The van der Waals surface area contributed by atoms with Crippen LogP contribution in [0, 0.1) is 5.92 Å². The van der Waals surface area contributed by atoms with Gasteiger partial charge in [0.05, 0.1) is 19.8 Å². The number of halogens is 1. The van der Waals surface area contributed by atoms with E-state index in [1.54, 1.807) is 0 Å². The molecule has 4 rings (SSSR count). The minimum atomic E-state index is -0.0878. The van der Waals surface area contributed by atoms with E-state index >= 15 is 0 Å². The number of nitrogens with zero attached hydrogens (tertiary/aromatic N) is 3. The maximum atomic E-state index is 13.0. The molecule has 0 bridgehead atoms. The third-order valence-electron chi connectivity index (χ3n) is 6.46. The Morgan fingerprint density at radius 3 is 2.55 bits per heavy atom. The molecular formula is C23H32BrN3O4. The molecule has 3 saturated heterocycles. The lowest BCUT2D eigenvalue weighted by molar-refractivity contribution is -0.141. The average molecular weight is 494 g/mol. The predicted octanol–water partition coefficient (Wildman–Crippen LogP) is 2.39. The fraction of sp³-hybridized carbons (Fsp3) is 0.652. The van der Waals surface area contributed by atoms with Gasteiger partial charge in [0.15, 0.2) is 0 Å². The van der Waals surface area contributed by atoms with Crippen molar-refractivity contribution in [2.75, 3.05) is 59.0 Å². The summed E-state index contributed by atoms with van der Waals surface area (Å²) in [6, 6.07) is 7.80. The molecule has 1 aromatic carbocycles. The zero-order chi connectivity index (χ0) is 21.6. The quantitative estimate of drug-likeness (QED) is 0.608. The Labute approximate surface area is 192 Å². The fourth-order valence-corrected chi connectivity index (χ4v) is 5.08. The first-order chi connectivity index (χ1) is 15.1. The molecule has 2 atom stereocenters. The summed E-state index contributed by atoms with van der Waals surface area (Å²) in [6.45, 7) is 6.21. The molecule has 7 nitrogen and oxygen atoms in total. The first-order valence-corrected chi connectivity index (χ1v) is 12.2. The molecular weight excluding hydrogens is 462 g/mol. The number of morpholine rings is 1. The summed E-state index contributed by atoms with van der Waals surface area (Å²) < 4.78 is 12.7. The third-order valence-corrected chi connectivity index (χ3v) is 6.95. The monoisotopic (exact) mass is 493 g/mol. The van der Waals surface area contributed by atoms with Crippen molar-refractivity contribution in [1.82, 2.24) is 14.7 Å². The Hall–Kier alpha value is -1.64. The van der Waals surface area contributed by atoms with E-state index in [1.807, 2.05) is 34.1 Å². The van der Waals surface area contributed by atoms with Crippen LogP contribution in [0.2, 0.25) is 0 Å². The lowest BCUT2D eigenvalue weighted by Crippen LogP contribution is -2.52. The molecule has 0 N–H and O–H groups in total. The van der Waals surface area contributed by atoms with Crippen LogP contribution in [0.4, 0.5) is 0 Å². The number of ether oxygens (including phenoxy) is 2. The van der Waals surface area contributed by atoms with Crippen LogP contribution in [0.3, 0.4) is 0 Å². The maximum Gasteiger partial charge on any atom is 0.236 e. The summed E-state index contributed by atoms with van der Waals surface area (Å²) in [5, 5.41) is 0. The van der Waals surface area contributed by atoms with Crippen LogP contribution in [0.15, 0.2) is 28.7 Å². The second-order valence-electron chi connectivity index (χ2n) is 8.68. The van der Waals surface area contributed by atoms with Gasteiger partial charge in [-0.15, -0.1) is 0 Å². The lowest BCUT2D eigenvalue weighted by Gasteiger charge is -2.39. The van der Waals surface area contributed by atoms with Crippen LogP contribution in [0.5, 0.6) is 5.75 Å². The minimum Gasteiger partial charge on any atom is -0.490 e. The number of likely N-dealkylation sites (tertiary alicyclic amines) is 2. The van der Waals surface area contributed by atoms with Crippen molar-refractivity contribution in [2.45, 2.75) is 31.8 Å². The van der Waals surface area contributed by atoms with Gasteiger partial charge < -0.3 is 19.3 Å². The van der Waals surface area contributed by atoms with E-state index in [2.05, 4.69) is 20.8 Å². The third kappa shape index (κ3) is 6.20. The molecule has 0 spiro atoms. The van der Waals surface area contributed by atoms with Crippen LogP contribution in [-0.2, 0) is 14.3 Å². The molecule has 0 aliphatic carbocycles. The van der Waals surface area contributed by atoms with Gasteiger partial charge in [-0.1, -0.05) is 22.0 Å². The summed E-state index contributed by atoms with van der Waals surface area (Å²) in [5.41, 5.74) is 0. The Balaban J connectivity index is 1.42. The van der Waals surface area contributed by atoms with Gasteiger partial charge in [-0.05, 0) is 44.1 Å². The van der Waals surface area contributed by atoms with Gasteiger partial charge in [-0.25, -0.2) is 0 Å². The maximum absolute atomic E-state index is 13.0. The molecule has 3 aliphatic rings. The number of hydrogen-bond acceptors (Lipinski definition) is 5. The molecule has 0 unspecified atom stereocenters. The standard InChI is InChI=1S/C23H32BrN3O4/c24-19-4-3-5-20(15-19)31-21-6-9-27(23(29)17-25-7-1-2-8-25)16-18(21)14-22(28)26-10-12-30-13-11-26/h3-5,15,18,21H,1-2,6-14,16-17H2/t18-,21-/m0/s1. The SMILES string of the molecule is O=C(C[C@H]1CN(C(=O)CN2CCCC2)CC[C@@H]1Oc1cccc(Br)c1)N1CCOCC1. The molecule has 0 aromatic heterocycles. The van der Waals surface area contributed by atoms with Gasteiger partial charge in [-0.3, -0.25) is 14.5 Å². The van der Waals surface area contributed by atoms with Crippen molar-refractivity contribution in [3.05, 3.63) is 28.7 Å². The number of hydrogen-bond donors (Lipinski definition) is 0. The van der Waals surface area contributed by atoms with E-state index in [1.165, 1.54) is 12.8 Å². The van der Waals surface area contributed by atoms with Crippen LogP contribution >= 0.6 is 15.9 Å². The highest BCUT2D eigenvalue weighted by molar-refractivity contribution is 9.10. The second-order valence-corrected chi connectivity index (χ2v) is 9.60. The molecule has 3 fully saturated rings. The first kappa shape index (κ1) is 22.6. The molecule has 8 heteroatoms. The molecule has 3 heterocycles. The van der Waals surface area contributed by atoms with E-state index in [4.69, 9.17) is 9.47 Å². The van der Waals surface area contributed by atoms with Crippen molar-refractivity contribution in [3.63, 3.8) is 0 Å². The van der Waals surface area contributed by atoms with E-state index in [-0.39, 0.29) is 23.8 Å².